The molecule has 1 fully saturated rings. The van der Waals surface area contributed by atoms with Crippen molar-refractivity contribution in [1.29, 1.82) is 0 Å². The summed E-state index contributed by atoms with van der Waals surface area (Å²) in [6.07, 6.45) is 3.79. The number of hydrogen-bond donors (Lipinski definition) is 1. The van der Waals surface area contributed by atoms with Crippen LogP contribution in [0.4, 0.5) is 0 Å². The first-order chi connectivity index (χ1) is 9.49. The average molecular weight is 296 g/mol. The lowest BCUT2D eigenvalue weighted by atomic mass is 10.1. The summed E-state index contributed by atoms with van der Waals surface area (Å²) in [6, 6.07) is 0.420. The number of H-pyrrole nitrogens is 1. The second-order valence-corrected chi connectivity index (χ2v) is 8.30. The van der Waals surface area contributed by atoms with Crippen LogP contribution >= 0.6 is 11.8 Å². The van der Waals surface area contributed by atoms with Gasteiger partial charge in [0.05, 0.1) is 6.04 Å². The third kappa shape index (κ3) is 4.50. The zero-order valence-corrected chi connectivity index (χ0v) is 14.0. The Morgan fingerprint density at radius 2 is 2.20 bits per heavy atom. The molecule has 2 heterocycles. The molecule has 1 N–H and O–H groups in total. The molecule has 1 aliphatic heterocycles. The van der Waals surface area contributed by atoms with Crippen molar-refractivity contribution < 1.29 is 0 Å². The maximum absolute atomic E-state index is 4.46. The molecule has 0 radical (unpaired) electrons. The van der Waals surface area contributed by atoms with E-state index in [1.54, 1.807) is 0 Å². The second-order valence-electron chi connectivity index (χ2n) is 6.38. The van der Waals surface area contributed by atoms with Gasteiger partial charge >= 0.3 is 0 Å². The highest BCUT2D eigenvalue weighted by Crippen LogP contribution is 2.25. The number of thioether (sulfide) groups is 1. The molecule has 5 heteroatoms. The van der Waals surface area contributed by atoms with Crippen molar-refractivity contribution in [2.45, 2.75) is 38.5 Å². The van der Waals surface area contributed by atoms with Gasteiger partial charge in [-0.15, -0.1) is 0 Å². The monoisotopic (exact) mass is 296 g/mol. The minimum absolute atomic E-state index is 0.367. The lowest BCUT2D eigenvalue weighted by molar-refractivity contribution is 0.0784. The molecule has 0 aliphatic carbocycles. The standard InChI is InChI=1S/C15H28N4S/c1-5-19-9-8-18(10-11-20-15(2,3)4)12-13(19)14-16-6-7-17-14/h6-7,13H,5,8-12H2,1-4H3,(H,16,17)/t13-/m0/s1. The zero-order valence-electron chi connectivity index (χ0n) is 13.2. The first kappa shape index (κ1) is 15.9. The third-order valence-electron chi connectivity index (χ3n) is 3.76. The van der Waals surface area contributed by atoms with Crippen molar-refractivity contribution in [3.05, 3.63) is 18.2 Å². The number of aromatic nitrogens is 2. The number of nitrogens with one attached hydrogen (secondary N) is 1. The quantitative estimate of drug-likeness (QED) is 0.906. The molecule has 0 unspecified atom stereocenters. The van der Waals surface area contributed by atoms with Crippen LogP contribution in [0.5, 0.6) is 0 Å². The van der Waals surface area contributed by atoms with Crippen LogP contribution in [0.15, 0.2) is 12.4 Å². The molecule has 1 aromatic rings. The van der Waals surface area contributed by atoms with Gasteiger partial charge < -0.3 is 4.98 Å². The zero-order chi connectivity index (χ0) is 14.6. The van der Waals surface area contributed by atoms with Crippen LogP contribution < -0.4 is 0 Å². The summed E-state index contributed by atoms with van der Waals surface area (Å²) >= 11 is 2.05. The molecule has 1 atom stereocenters. The Morgan fingerprint density at radius 1 is 1.40 bits per heavy atom. The predicted molar refractivity (Wildman–Crippen MR) is 87.2 cm³/mol. The molecule has 4 nitrogen and oxygen atoms in total. The van der Waals surface area contributed by atoms with E-state index in [0.29, 0.717) is 10.8 Å². The fourth-order valence-electron chi connectivity index (χ4n) is 2.66. The van der Waals surface area contributed by atoms with Crippen LogP contribution in [0.2, 0.25) is 0 Å². The molecule has 0 saturated carbocycles. The van der Waals surface area contributed by atoms with E-state index < -0.39 is 0 Å². The number of nitrogens with zero attached hydrogens (tertiary/aromatic N) is 3. The van der Waals surface area contributed by atoms with Gasteiger partial charge in [-0.1, -0.05) is 27.7 Å². The van der Waals surface area contributed by atoms with Crippen molar-refractivity contribution in [3.63, 3.8) is 0 Å². The molecule has 0 spiro atoms. The molecule has 0 amide bonds. The number of hydrogen-bond acceptors (Lipinski definition) is 4. The van der Waals surface area contributed by atoms with E-state index in [1.165, 1.54) is 18.8 Å². The highest BCUT2D eigenvalue weighted by molar-refractivity contribution is 8.00. The number of imidazole rings is 1. The summed E-state index contributed by atoms with van der Waals surface area (Å²) in [4.78, 5) is 12.9. The number of rotatable bonds is 5. The molecular formula is C15H28N4S. The van der Waals surface area contributed by atoms with Crippen LogP contribution in [-0.4, -0.2) is 63.0 Å². The van der Waals surface area contributed by atoms with Gasteiger partial charge in [0.1, 0.15) is 5.82 Å². The van der Waals surface area contributed by atoms with Gasteiger partial charge in [-0.2, -0.15) is 11.8 Å². The first-order valence-corrected chi connectivity index (χ1v) is 8.58. The maximum atomic E-state index is 4.46. The number of aromatic amines is 1. The minimum Gasteiger partial charge on any atom is -0.347 e. The molecule has 1 aliphatic rings. The summed E-state index contributed by atoms with van der Waals surface area (Å²) in [6.45, 7) is 14.8. The van der Waals surface area contributed by atoms with E-state index >= 15 is 0 Å². The van der Waals surface area contributed by atoms with E-state index in [1.807, 2.05) is 12.4 Å². The fourth-order valence-corrected chi connectivity index (χ4v) is 3.62. The largest absolute Gasteiger partial charge is 0.347 e. The molecule has 2 rings (SSSR count). The summed E-state index contributed by atoms with van der Waals surface area (Å²) in [7, 11) is 0. The Balaban J connectivity index is 1.88. The normalized spacial score (nSPS) is 22.3. The lowest BCUT2D eigenvalue weighted by Gasteiger charge is -2.40. The first-order valence-electron chi connectivity index (χ1n) is 7.59. The van der Waals surface area contributed by atoms with E-state index in [9.17, 15) is 0 Å². The smallest absolute Gasteiger partial charge is 0.124 e. The van der Waals surface area contributed by atoms with E-state index in [-0.39, 0.29) is 0 Å². The highest BCUT2D eigenvalue weighted by atomic mass is 32.2. The topological polar surface area (TPSA) is 35.2 Å². The molecule has 1 aromatic heterocycles. The second kappa shape index (κ2) is 6.96. The van der Waals surface area contributed by atoms with E-state index in [2.05, 4.69) is 59.2 Å². The van der Waals surface area contributed by atoms with Crippen LogP contribution in [0.25, 0.3) is 0 Å². The van der Waals surface area contributed by atoms with Crippen LogP contribution in [0.3, 0.4) is 0 Å². The average Bonchev–Trinajstić information content (AvgIpc) is 2.91. The Morgan fingerprint density at radius 3 is 2.80 bits per heavy atom. The molecule has 1 saturated heterocycles. The number of likely N-dealkylation sites (N-methyl/N-ethyl adjacent to an activating group) is 1. The molecular weight excluding hydrogens is 268 g/mol. The summed E-state index contributed by atoms with van der Waals surface area (Å²) in [5.41, 5.74) is 0. The Kier molecular flexibility index (Phi) is 5.52. The van der Waals surface area contributed by atoms with Gasteiger partial charge in [0.15, 0.2) is 0 Å². The van der Waals surface area contributed by atoms with E-state index in [0.717, 1.165) is 25.5 Å². The van der Waals surface area contributed by atoms with Gasteiger partial charge in [-0.05, 0) is 6.54 Å². The Bertz CT molecular complexity index is 385. The van der Waals surface area contributed by atoms with Crippen LogP contribution in [-0.2, 0) is 0 Å². The Labute approximate surface area is 127 Å². The Hall–Kier alpha value is -0.520. The van der Waals surface area contributed by atoms with Gasteiger partial charge in [-0.3, -0.25) is 9.80 Å². The van der Waals surface area contributed by atoms with Crippen molar-refractivity contribution in [3.8, 4) is 0 Å². The highest BCUT2D eigenvalue weighted by Gasteiger charge is 2.28. The van der Waals surface area contributed by atoms with Gasteiger partial charge in [0.2, 0.25) is 0 Å². The summed E-state index contributed by atoms with van der Waals surface area (Å²) in [5.74, 6) is 2.32. The van der Waals surface area contributed by atoms with Crippen LogP contribution in [0.1, 0.15) is 39.6 Å². The molecule has 114 valence electrons. The summed E-state index contributed by atoms with van der Waals surface area (Å²) < 4.78 is 0.367. The van der Waals surface area contributed by atoms with Crippen molar-refractivity contribution >= 4 is 11.8 Å². The van der Waals surface area contributed by atoms with Crippen molar-refractivity contribution in [2.75, 3.05) is 38.5 Å². The minimum atomic E-state index is 0.367. The fraction of sp³-hybridized carbons (Fsp3) is 0.800. The molecule has 20 heavy (non-hydrogen) atoms. The van der Waals surface area contributed by atoms with Gasteiger partial charge in [-0.25, -0.2) is 4.98 Å². The predicted octanol–water partition coefficient (Wildman–Crippen LogP) is 2.62. The van der Waals surface area contributed by atoms with Crippen LogP contribution in [0, 0.1) is 0 Å². The molecule has 0 bridgehead atoms. The molecule has 0 aromatic carbocycles. The third-order valence-corrected chi connectivity index (χ3v) is 5.01. The van der Waals surface area contributed by atoms with Gasteiger partial charge in [0.25, 0.3) is 0 Å². The summed E-state index contributed by atoms with van der Waals surface area (Å²) in [5, 5.41) is 0. The number of piperazine rings is 1. The van der Waals surface area contributed by atoms with E-state index in [4.69, 9.17) is 0 Å². The SMILES string of the molecule is CCN1CCN(CCSC(C)(C)C)C[C@H]1c1ncc[nH]1. The van der Waals surface area contributed by atoms with Gasteiger partial charge in [0, 0.05) is 49.1 Å². The maximum Gasteiger partial charge on any atom is 0.124 e. The van der Waals surface area contributed by atoms with Crippen molar-refractivity contribution in [2.24, 2.45) is 0 Å². The van der Waals surface area contributed by atoms with Crippen molar-refractivity contribution in [1.82, 2.24) is 19.8 Å². The lowest BCUT2D eigenvalue weighted by Crippen LogP contribution is -2.49.